The van der Waals surface area contributed by atoms with Crippen LogP contribution in [0.15, 0.2) is 35.5 Å². The van der Waals surface area contributed by atoms with Crippen molar-refractivity contribution in [2.75, 3.05) is 26.8 Å². The molecule has 0 bridgehead atoms. The SMILES string of the molecule is C=CC(C)(CNCCOC)Cc1ccc(Br)cn1. The number of nitrogens with zero attached hydrogens (tertiary/aromatic N) is 1. The Hall–Kier alpha value is -0.710. The molecule has 0 radical (unpaired) electrons. The minimum Gasteiger partial charge on any atom is -0.383 e. The maximum Gasteiger partial charge on any atom is 0.0587 e. The van der Waals surface area contributed by atoms with Gasteiger partial charge in [0.2, 0.25) is 0 Å². The summed E-state index contributed by atoms with van der Waals surface area (Å²) >= 11 is 3.39. The van der Waals surface area contributed by atoms with E-state index >= 15 is 0 Å². The highest BCUT2D eigenvalue weighted by atomic mass is 79.9. The Balaban J connectivity index is 2.53. The number of methoxy groups -OCH3 is 1. The summed E-state index contributed by atoms with van der Waals surface area (Å²) in [6.45, 7) is 8.57. The van der Waals surface area contributed by atoms with Crippen LogP contribution in [0.2, 0.25) is 0 Å². The van der Waals surface area contributed by atoms with E-state index in [4.69, 9.17) is 4.74 Å². The van der Waals surface area contributed by atoms with E-state index in [0.29, 0.717) is 0 Å². The molecule has 1 aromatic rings. The number of rotatable bonds is 8. The van der Waals surface area contributed by atoms with Crippen LogP contribution < -0.4 is 5.32 Å². The van der Waals surface area contributed by atoms with Gasteiger partial charge >= 0.3 is 0 Å². The molecule has 1 aromatic heterocycles. The molecule has 4 heteroatoms. The number of pyridine rings is 1. The van der Waals surface area contributed by atoms with Gasteiger partial charge in [-0.2, -0.15) is 0 Å². The lowest BCUT2D eigenvalue weighted by molar-refractivity contribution is 0.195. The number of hydrogen-bond acceptors (Lipinski definition) is 3. The summed E-state index contributed by atoms with van der Waals surface area (Å²) in [6, 6.07) is 4.06. The molecule has 18 heavy (non-hydrogen) atoms. The quantitative estimate of drug-likeness (QED) is 0.592. The van der Waals surface area contributed by atoms with Crippen molar-refractivity contribution in [1.29, 1.82) is 0 Å². The van der Waals surface area contributed by atoms with Crippen molar-refractivity contribution in [3.8, 4) is 0 Å². The molecule has 0 aliphatic heterocycles. The molecule has 1 atom stereocenters. The van der Waals surface area contributed by atoms with Crippen LogP contribution >= 0.6 is 15.9 Å². The van der Waals surface area contributed by atoms with Crippen molar-refractivity contribution in [1.82, 2.24) is 10.3 Å². The van der Waals surface area contributed by atoms with E-state index in [1.54, 1.807) is 7.11 Å². The predicted molar refractivity (Wildman–Crippen MR) is 78.7 cm³/mol. The van der Waals surface area contributed by atoms with Crippen LogP contribution in [0.4, 0.5) is 0 Å². The second-order valence-corrected chi connectivity index (χ2v) is 5.59. The van der Waals surface area contributed by atoms with Gasteiger partial charge in [0.1, 0.15) is 0 Å². The molecule has 1 rings (SSSR count). The van der Waals surface area contributed by atoms with Gasteiger partial charge in [-0.15, -0.1) is 6.58 Å². The molecule has 1 unspecified atom stereocenters. The zero-order chi connectivity index (χ0) is 13.4. The largest absolute Gasteiger partial charge is 0.383 e. The molecule has 0 amide bonds. The molecular weight excluding hydrogens is 292 g/mol. The molecule has 3 nitrogen and oxygen atoms in total. The topological polar surface area (TPSA) is 34.1 Å². The van der Waals surface area contributed by atoms with Crippen molar-refractivity contribution in [2.45, 2.75) is 13.3 Å². The Morgan fingerprint density at radius 2 is 2.33 bits per heavy atom. The van der Waals surface area contributed by atoms with Crippen molar-refractivity contribution in [3.63, 3.8) is 0 Å². The van der Waals surface area contributed by atoms with Crippen molar-refractivity contribution in [2.24, 2.45) is 5.41 Å². The molecule has 0 spiro atoms. The second kappa shape index (κ2) is 7.67. The Bertz CT molecular complexity index is 367. The summed E-state index contributed by atoms with van der Waals surface area (Å²) in [5.41, 5.74) is 1.09. The summed E-state index contributed by atoms with van der Waals surface area (Å²) in [4.78, 5) is 4.41. The first-order valence-corrected chi connectivity index (χ1v) is 6.82. The van der Waals surface area contributed by atoms with E-state index < -0.39 is 0 Å². The van der Waals surface area contributed by atoms with Gasteiger partial charge in [0.15, 0.2) is 0 Å². The summed E-state index contributed by atoms with van der Waals surface area (Å²) in [5.74, 6) is 0. The number of ether oxygens (including phenoxy) is 1. The Kier molecular flexibility index (Phi) is 6.54. The minimum atomic E-state index is 0.00850. The van der Waals surface area contributed by atoms with Crippen molar-refractivity contribution < 1.29 is 4.74 Å². The normalized spacial score (nSPS) is 14.2. The zero-order valence-corrected chi connectivity index (χ0v) is 12.7. The first-order valence-electron chi connectivity index (χ1n) is 6.03. The standard InChI is InChI=1S/C14H21BrN2O/c1-4-14(2,11-16-7-8-18-3)9-13-6-5-12(15)10-17-13/h4-6,10,16H,1,7-9,11H2,2-3H3. The molecule has 0 saturated heterocycles. The van der Waals surface area contributed by atoms with Gasteiger partial charge < -0.3 is 10.1 Å². The van der Waals surface area contributed by atoms with Gasteiger partial charge in [-0.3, -0.25) is 4.98 Å². The first kappa shape index (κ1) is 15.3. The van der Waals surface area contributed by atoms with Crippen LogP contribution in [0.25, 0.3) is 0 Å². The van der Waals surface area contributed by atoms with E-state index in [2.05, 4.69) is 39.7 Å². The third-order valence-corrected chi connectivity index (χ3v) is 3.35. The molecular formula is C14H21BrN2O. The molecule has 1 N–H and O–H groups in total. The van der Waals surface area contributed by atoms with E-state index in [9.17, 15) is 0 Å². The fourth-order valence-electron chi connectivity index (χ4n) is 1.68. The Morgan fingerprint density at radius 1 is 1.56 bits per heavy atom. The second-order valence-electron chi connectivity index (χ2n) is 4.67. The van der Waals surface area contributed by atoms with Crippen LogP contribution in [0.1, 0.15) is 12.6 Å². The van der Waals surface area contributed by atoms with Gasteiger partial charge in [-0.1, -0.05) is 13.0 Å². The van der Waals surface area contributed by atoms with Gasteiger partial charge in [0.05, 0.1) is 6.61 Å². The van der Waals surface area contributed by atoms with Crippen LogP contribution in [0.5, 0.6) is 0 Å². The van der Waals surface area contributed by atoms with Crippen molar-refractivity contribution in [3.05, 3.63) is 41.2 Å². The summed E-state index contributed by atoms with van der Waals surface area (Å²) in [5, 5.41) is 3.38. The van der Waals surface area contributed by atoms with Gasteiger partial charge in [0, 0.05) is 42.0 Å². The van der Waals surface area contributed by atoms with Gasteiger partial charge in [-0.25, -0.2) is 0 Å². The zero-order valence-electron chi connectivity index (χ0n) is 11.1. The number of aromatic nitrogens is 1. The average molecular weight is 313 g/mol. The van der Waals surface area contributed by atoms with E-state index in [1.165, 1.54) is 0 Å². The summed E-state index contributed by atoms with van der Waals surface area (Å²) in [7, 11) is 1.71. The third-order valence-electron chi connectivity index (χ3n) is 2.88. The predicted octanol–water partition coefficient (Wildman–Crippen LogP) is 2.81. The average Bonchev–Trinajstić information content (AvgIpc) is 2.38. The van der Waals surface area contributed by atoms with Crippen LogP contribution in [0, 0.1) is 5.41 Å². The minimum absolute atomic E-state index is 0.00850. The maximum atomic E-state index is 5.02. The lowest BCUT2D eigenvalue weighted by Gasteiger charge is -2.26. The van der Waals surface area contributed by atoms with Crippen LogP contribution in [-0.2, 0) is 11.2 Å². The summed E-state index contributed by atoms with van der Waals surface area (Å²) < 4.78 is 6.02. The smallest absolute Gasteiger partial charge is 0.0587 e. The lowest BCUT2D eigenvalue weighted by Crippen LogP contribution is -2.34. The van der Waals surface area contributed by atoms with Crippen LogP contribution in [-0.4, -0.2) is 31.8 Å². The number of hydrogen-bond donors (Lipinski definition) is 1. The Labute approximate surface area is 118 Å². The molecule has 0 aliphatic rings. The van der Waals surface area contributed by atoms with E-state index in [1.807, 2.05) is 24.4 Å². The molecule has 0 aromatic carbocycles. The third kappa shape index (κ3) is 5.29. The first-order chi connectivity index (χ1) is 8.59. The van der Waals surface area contributed by atoms with E-state index in [-0.39, 0.29) is 5.41 Å². The molecule has 0 fully saturated rings. The fraction of sp³-hybridized carbons (Fsp3) is 0.500. The lowest BCUT2D eigenvalue weighted by atomic mass is 9.85. The molecule has 1 heterocycles. The summed E-state index contributed by atoms with van der Waals surface area (Å²) in [6.07, 6.45) is 4.71. The Morgan fingerprint density at radius 3 is 2.89 bits per heavy atom. The van der Waals surface area contributed by atoms with Gasteiger partial charge in [-0.05, 0) is 34.5 Å². The molecule has 0 saturated carbocycles. The highest BCUT2D eigenvalue weighted by molar-refractivity contribution is 9.10. The highest BCUT2D eigenvalue weighted by Crippen LogP contribution is 2.22. The van der Waals surface area contributed by atoms with E-state index in [0.717, 1.165) is 36.3 Å². The monoisotopic (exact) mass is 312 g/mol. The molecule has 100 valence electrons. The molecule has 0 aliphatic carbocycles. The number of halogens is 1. The number of nitrogens with one attached hydrogen (secondary N) is 1. The van der Waals surface area contributed by atoms with Crippen molar-refractivity contribution >= 4 is 15.9 Å². The van der Waals surface area contributed by atoms with Crippen LogP contribution in [0.3, 0.4) is 0 Å². The highest BCUT2D eigenvalue weighted by Gasteiger charge is 2.20. The fourth-order valence-corrected chi connectivity index (χ4v) is 1.91. The maximum absolute atomic E-state index is 5.02. The van der Waals surface area contributed by atoms with Gasteiger partial charge in [0.25, 0.3) is 0 Å².